The fourth-order valence-corrected chi connectivity index (χ4v) is 3.92. The summed E-state index contributed by atoms with van der Waals surface area (Å²) in [6, 6.07) is 8.91. The Morgan fingerprint density at radius 3 is 2.38 bits per heavy atom. The van der Waals surface area contributed by atoms with Crippen molar-refractivity contribution >= 4 is 52.3 Å². The Kier molecular flexibility index (Phi) is 6.57. The van der Waals surface area contributed by atoms with E-state index < -0.39 is 39.9 Å². The minimum Gasteiger partial charge on any atom is -0.321 e. The van der Waals surface area contributed by atoms with Gasteiger partial charge in [0, 0.05) is 22.2 Å². The molecule has 1 atom stereocenters. The Morgan fingerprint density at radius 2 is 1.81 bits per heavy atom. The van der Waals surface area contributed by atoms with Crippen molar-refractivity contribution in [3.63, 3.8) is 0 Å². The number of halogens is 2. The molecular formula is C22H21Cl2N3O5. The number of amides is 3. The minimum absolute atomic E-state index is 0.00724. The molecule has 1 aliphatic rings. The first-order valence-corrected chi connectivity index (χ1v) is 10.6. The Balaban J connectivity index is 2.03. The van der Waals surface area contributed by atoms with Crippen molar-refractivity contribution in [2.45, 2.75) is 45.2 Å². The first-order chi connectivity index (χ1) is 15.0. The molecule has 0 radical (unpaired) electrons. The largest absolute Gasteiger partial charge is 0.321 e. The Hall–Kier alpha value is -2.97. The third kappa shape index (κ3) is 4.33. The number of nitrogens with zero attached hydrogens (tertiary/aromatic N) is 3. The number of anilines is 1. The van der Waals surface area contributed by atoms with Crippen molar-refractivity contribution in [3.05, 3.63) is 68.2 Å². The average Bonchev–Trinajstić information content (AvgIpc) is 3.02. The molecule has 8 nitrogen and oxygen atoms in total. The molecule has 1 aliphatic heterocycles. The van der Waals surface area contributed by atoms with Gasteiger partial charge in [-0.3, -0.25) is 24.5 Å². The number of nitro groups is 1. The summed E-state index contributed by atoms with van der Waals surface area (Å²) in [6.07, 6.45) is 0.277. The summed E-state index contributed by atoms with van der Waals surface area (Å²) in [5.41, 5.74) is -0.866. The van der Waals surface area contributed by atoms with Gasteiger partial charge in [0.1, 0.15) is 11.1 Å². The SMILES string of the molecule is CCC(C)(C)N(C(=O)c1ccc(Cl)c([N+](=O)[O-])c1)C1CC(=O)N(c2ccc(Cl)cc2)C1=O. The quantitative estimate of drug-likeness (QED) is 0.335. The molecule has 0 aliphatic carbocycles. The highest BCUT2D eigenvalue weighted by Gasteiger charge is 2.48. The van der Waals surface area contributed by atoms with Crippen LogP contribution in [0.5, 0.6) is 0 Å². The van der Waals surface area contributed by atoms with Gasteiger partial charge in [-0.1, -0.05) is 30.1 Å². The number of nitro benzene ring substituents is 1. The van der Waals surface area contributed by atoms with Gasteiger partial charge in [0.15, 0.2) is 0 Å². The molecule has 1 unspecified atom stereocenters. The van der Waals surface area contributed by atoms with Crippen molar-refractivity contribution < 1.29 is 19.3 Å². The summed E-state index contributed by atoms with van der Waals surface area (Å²) in [5.74, 6) is -1.59. The predicted octanol–water partition coefficient (Wildman–Crippen LogP) is 4.86. The Morgan fingerprint density at radius 1 is 1.19 bits per heavy atom. The minimum atomic E-state index is -1.06. The molecule has 0 N–H and O–H groups in total. The van der Waals surface area contributed by atoms with Crippen molar-refractivity contribution in [2.75, 3.05) is 4.90 Å². The maximum atomic E-state index is 13.5. The molecule has 0 aromatic heterocycles. The monoisotopic (exact) mass is 477 g/mol. The highest BCUT2D eigenvalue weighted by atomic mass is 35.5. The predicted molar refractivity (Wildman–Crippen MR) is 121 cm³/mol. The molecule has 32 heavy (non-hydrogen) atoms. The van der Waals surface area contributed by atoms with Crippen LogP contribution < -0.4 is 4.90 Å². The maximum Gasteiger partial charge on any atom is 0.288 e. The van der Waals surface area contributed by atoms with E-state index in [1.165, 1.54) is 17.0 Å². The van der Waals surface area contributed by atoms with Gasteiger partial charge in [-0.15, -0.1) is 0 Å². The number of hydrogen-bond donors (Lipinski definition) is 0. The van der Waals surface area contributed by atoms with Gasteiger partial charge in [-0.25, -0.2) is 4.90 Å². The number of rotatable bonds is 6. The third-order valence-corrected chi connectivity index (χ3v) is 6.22. The highest BCUT2D eigenvalue weighted by molar-refractivity contribution is 6.33. The molecule has 0 spiro atoms. The first-order valence-electron chi connectivity index (χ1n) is 9.88. The van der Waals surface area contributed by atoms with Gasteiger partial charge in [-0.2, -0.15) is 0 Å². The zero-order valence-electron chi connectivity index (χ0n) is 17.7. The standard InChI is InChI=1S/C22H21Cl2N3O5/c1-4-22(2,3)26(20(29)13-5-10-16(24)17(11-13)27(31)32)18-12-19(28)25(21(18)30)15-8-6-14(23)7-9-15/h5-11,18H,4,12H2,1-3H3. The zero-order chi connectivity index (χ0) is 23.8. The van der Waals surface area contributed by atoms with Gasteiger partial charge < -0.3 is 4.90 Å². The van der Waals surface area contributed by atoms with E-state index in [0.29, 0.717) is 17.1 Å². The number of carbonyl (C=O) groups is 3. The molecule has 1 fully saturated rings. The van der Waals surface area contributed by atoms with E-state index in [0.717, 1.165) is 11.0 Å². The second-order valence-corrected chi connectivity index (χ2v) is 8.87. The smallest absolute Gasteiger partial charge is 0.288 e. The van der Waals surface area contributed by atoms with E-state index in [-0.39, 0.29) is 17.0 Å². The molecule has 1 saturated heterocycles. The van der Waals surface area contributed by atoms with Crippen LogP contribution in [0.25, 0.3) is 0 Å². The van der Waals surface area contributed by atoms with Crippen LogP contribution in [0.1, 0.15) is 44.0 Å². The van der Waals surface area contributed by atoms with E-state index in [1.807, 2.05) is 6.92 Å². The van der Waals surface area contributed by atoms with E-state index in [4.69, 9.17) is 23.2 Å². The molecular weight excluding hydrogens is 457 g/mol. The van der Waals surface area contributed by atoms with Crippen LogP contribution in [0.2, 0.25) is 10.0 Å². The van der Waals surface area contributed by atoms with E-state index >= 15 is 0 Å². The molecule has 0 bridgehead atoms. The van der Waals surface area contributed by atoms with E-state index in [2.05, 4.69) is 0 Å². The maximum absolute atomic E-state index is 13.5. The first kappa shape index (κ1) is 23.7. The highest BCUT2D eigenvalue weighted by Crippen LogP contribution is 2.34. The molecule has 10 heteroatoms. The average molecular weight is 478 g/mol. The van der Waals surface area contributed by atoms with Crippen LogP contribution in [0.3, 0.4) is 0 Å². The fraction of sp³-hybridized carbons (Fsp3) is 0.318. The van der Waals surface area contributed by atoms with Crippen LogP contribution in [-0.4, -0.2) is 39.1 Å². The lowest BCUT2D eigenvalue weighted by Gasteiger charge is -2.41. The van der Waals surface area contributed by atoms with Crippen molar-refractivity contribution in [1.29, 1.82) is 0 Å². The Bertz CT molecular complexity index is 1100. The summed E-state index contributed by atoms with van der Waals surface area (Å²) in [7, 11) is 0. The molecule has 2 aromatic carbocycles. The summed E-state index contributed by atoms with van der Waals surface area (Å²) in [4.78, 5) is 52.6. The number of carbonyl (C=O) groups excluding carboxylic acids is 3. The van der Waals surface area contributed by atoms with Gasteiger partial charge in [0.2, 0.25) is 5.91 Å². The molecule has 1 heterocycles. The molecule has 2 aromatic rings. The van der Waals surface area contributed by atoms with Gasteiger partial charge in [0.25, 0.3) is 17.5 Å². The Labute approximate surface area is 194 Å². The number of hydrogen-bond acceptors (Lipinski definition) is 5. The fourth-order valence-electron chi connectivity index (χ4n) is 3.61. The van der Waals surface area contributed by atoms with Gasteiger partial charge in [-0.05, 0) is 56.7 Å². The number of benzene rings is 2. The lowest BCUT2D eigenvalue weighted by atomic mass is 9.94. The lowest BCUT2D eigenvalue weighted by Crippen LogP contribution is -2.55. The van der Waals surface area contributed by atoms with Crippen LogP contribution >= 0.6 is 23.2 Å². The third-order valence-electron chi connectivity index (χ3n) is 5.65. The van der Waals surface area contributed by atoms with Crippen LogP contribution in [-0.2, 0) is 9.59 Å². The molecule has 3 amide bonds. The van der Waals surface area contributed by atoms with E-state index in [1.54, 1.807) is 38.1 Å². The van der Waals surface area contributed by atoms with E-state index in [9.17, 15) is 24.5 Å². The summed E-state index contributed by atoms with van der Waals surface area (Å²) in [5, 5.41) is 11.6. The lowest BCUT2D eigenvalue weighted by molar-refractivity contribution is -0.384. The second-order valence-electron chi connectivity index (χ2n) is 8.03. The topological polar surface area (TPSA) is 101 Å². The summed E-state index contributed by atoms with van der Waals surface area (Å²) in [6.45, 7) is 5.40. The van der Waals surface area contributed by atoms with Gasteiger partial charge >= 0.3 is 0 Å². The summed E-state index contributed by atoms with van der Waals surface area (Å²) >= 11 is 11.8. The number of imide groups is 1. The molecule has 168 valence electrons. The van der Waals surface area contributed by atoms with Crippen molar-refractivity contribution in [3.8, 4) is 0 Å². The van der Waals surface area contributed by atoms with Crippen molar-refractivity contribution in [1.82, 2.24) is 4.90 Å². The van der Waals surface area contributed by atoms with Crippen molar-refractivity contribution in [2.24, 2.45) is 0 Å². The van der Waals surface area contributed by atoms with Crippen LogP contribution in [0.4, 0.5) is 11.4 Å². The normalized spacial score (nSPS) is 16.4. The van der Waals surface area contributed by atoms with Crippen LogP contribution in [0.15, 0.2) is 42.5 Å². The van der Waals surface area contributed by atoms with Crippen LogP contribution in [0, 0.1) is 10.1 Å². The molecule has 3 rings (SSSR count). The molecule has 0 saturated carbocycles. The van der Waals surface area contributed by atoms with Gasteiger partial charge in [0.05, 0.1) is 17.0 Å². The second kappa shape index (κ2) is 8.88. The zero-order valence-corrected chi connectivity index (χ0v) is 19.2. The summed E-state index contributed by atoms with van der Waals surface area (Å²) < 4.78 is 0.